The maximum Gasteiger partial charge on any atom is 0.310 e. The van der Waals surface area contributed by atoms with E-state index in [-0.39, 0.29) is 18.4 Å². The molecule has 0 heterocycles. The van der Waals surface area contributed by atoms with Crippen molar-refractivity contribution in [3.63, 3.8) is 0 Å². The molecule has 0 aliphatic heterocycles. The monoisotopic (exact) mass is 355 g/mol. The first-order valence-electron chi connectivity index (χ1n) is 7.02. The number of amides is 1. The molecule has 0 saturated carbocycles. The fraction of sp³-hybridized carbons (Fsp3) is 0.500. The number of hydrogen-bond acceptors (Lipinski definition) is 2. The first-order chi connectivity index (χ1) is 9.77. The zero-order chi connectivity index (χ0) is 16.0. The lowest BCUT2D eigenvalue weighted by atomic mass is 9.92. The van der Waals surface area contributed by atoms with Crippen LogP contribution in [0.1, 0.15) is 32.8 Å². The van der Waals surface area contributed by atoms with Gasteiger partial charge in [0.1, 0.15) is 0 Å². The van der Waals surface area contributed by atoms with Crippen molar-refractivity contribution in [1.29, 1.82) is 0 Å². The first-order valence-corrected chi connectivity index (χ1v) is 7.81. The van der Waals surface area contributed by atoms with Crippen molar-refractivity contribution in [3.8, 4) is 0 Å². The van der Waals surface area contributed by atoms with Crippen molar-refractivity contribution in [3.05, 3.63) is 34.3 Å². The minimum Gasteiger partial charge on any atom is -0.481 e. The fourth-order valence-corrected chi connectivity index (χ4v) is 2.33. The SMILES string of the molecule is CCC(Cc1ccccc1Br)C(=O)NCC(C)(C)C(=O)O. The van der Waals surface area contributed by atoms with E-state index >= 15 is 0 Å². The summed E-state index contributed by atoms with van der Waals surface area (Å²) >= 11 is 3.48. The van der Waals surface area contributed by atoms with Gasteiger partial charge in [-0.2, -0.15) is 0 Å². The van der Waals surface area contributed by atoms with Gasteiger partial charge in [-0.15, -0.1) is 0 Å². The van der Waals surface area contributed by atoms with Crippen LogP contribution in [0.15, 0.2) is 28.7 Å². The Morgan fingerprint density at radius 1 is 1.33 bits per heavy atom. The molecule has 116 valence electrons. The number of carbonyl (C=O) groups excluding carboxylic acids is 1. The van der Waals surface area contributed by atoms with Crippen molar-refractivity contribution >= 4 is 27.8 Å². The summed E-state index contributed by atoms with van der Waals surface area (Å²) in [5.74, 6) is -1.17. The number of nitrogens with one attached hydrogen (secondary N) is 1. The Bertz CT molecular complexity index is 514. The standard InChI is InChI=1S/C16H22BrNO3/c1-4-11(9-12-7-5-6-8-13(12)17)14(19)18-10-16(2,3)15(20)21/h5-8,11H,4,9-10H2,1-3H3,(H,18,19)(H,20,21). The number of rotatable bonds is 7. The van der Waals surface area contributed by atoms with E-state index in [0.717, 1.165) is 10.0 Å². The Labute approximate surface area is 134 Å². The van der Waals surface area contributed by atoms with Crippen molar-refractivity contribution in [1.82, 2.24) is 5.32 Å². The summed E-state index contributed by atoms with van der Waals surface area (Å²) in [5, 5.41) is 11.8. The molecule has 0 fully saturated rings. The van der Waals surface area contributed by atoms with Gasteiger partial charge in [0.15, 0.2) is 0 Å². The molecule has 21 heavy (non-hydrogen) atoms. The van der Waals surface area contributed by atoms with Crippen LogP contribution in [0.25, 0.3) is 0 Å². The minimum absolute atomic E-state index is 0.0948. The molecular weight excluding hydrogens is 334 g/mol. The topological polar surface area (TPSA) is 66.4 Å². The Hall–Kier alpha value is -1.36. The minimum atomic E-state index is -0.957. The van der Waals surface area contributed by atoms with Crippen LogP contribution >= 0.6 is 15.9 Å². The molecule has 0 aliphatic rings. The van der Waals surface area contributed by atoms with Crippen molar-refractivity contribution in [2.75, 3.05) is 6.54 Å². The van der Waals surface area contributed by atoms with E-state index in [1.54, 1.807) is 13.8 Å². The molecule has 0 aliphatic carbocycles. The Morgan fingerprint density at radius 2 is 1.95 bits per heavy atom. The second-order valence-electron chi connectivity index (χ2n) is 5.81. The number of carboxylic acid groups (broad SMARTS) is 1. The molecule has 0 radical (unpaired) electrons. The molecule has 1 amide bonds. The van der Waals surface area contributed by atoms with Gasteiger partial charge in [0.05, 0.1) is 5.41 Å². The Kier molecular flexibility index (Phi) is 6.40. The van der Waals surface area contributed by atoms with Gasteiger partial charge < -0.3 is 10.4 Å². The summed E-state index contributed by atoms with van der Waals surface area (Å²) in [6.07, 6.45) is 1.35. The highest BCUT2D eigenvalue weighted by molar-refractivity contribution is 9.10. The Morgan fingerprint density at radius 3 is 2.48 bits per heavy atom. The quantitative estimate of drug-likeness (QED) is 0.788. The number of hydrogen-bond donors (Lipinski definition) is 2. The van der Waals surface area contributed by atoms with Crippen LogP contribution in [0.4, 0.5) is 0 Å². The zero-order valence-electron chi connectivity index (χ0n) is 12.6. The van der Waals surface area contributed by atoms with Crippen molar-refractivity contribution in [2.24, 2.45) is 11.3 Å². The molecular formula is C16H22BrNO3. The molecule has 2 N–H and O–H groups in total. The highest BCUT2D eigenvalue weighted by Crippen LogP contribution is 2.21. The maximum atomic E-state index is 12.2. The average molecular weight is 356 g/mol. The van der Waals surface area contributed by atoms with Gasteiger partial charge in [-0.05, 0) is 38.3 Å². The number of aliphatic carboxylic acids is 1. The summed E-state index contributed by atoms with van der Waals surface area (Å²) in [4.78, 5) is 23.3. The fourth-order valence-electron chi connectivity index (χ4n) is 1.88. The summed E-state index contributed by atoms with van der Waals surface area (Å²) in [6.45, 7) is 5.30. The van der Waals surface area contributed by atoms with Gasteiger partial charge in [0.2, 0.25) is 5.91 Å². The van der Waals surface area contributed by atoms with Crippen LogP contribution < -0.4 is 5.32 Å². The molecule has 1 aromatic carbocycles. The maximum absolute atomic E-state index is 12.2. The first kappa shape index (κ1) is 17.7. The predicted molar refractivity (Wildman–Crippen MR) is 86.1 cm³/mol. The third-order valence-electron chi connectivity index (χ3n) is 3.57. The summed E-state index contributed by atoms with van der Waals surface area (Å²) in [6, 6.07) is 7.82. The number of benzene rings is 1. The second kappa shape index (κ2) is 7.59. The lowest BCUT2D eigenvalue weighted by Crippen LogP contribution is -2.41. The van der Waals surface area contributed by atoms with Gasteiger partial charge in [-0.25, -0.2) is 0 Å². The lowest BCUT2D eigenvalue weighted by Gasteiger charge is -2.22. The molecule has 1 aromatic rings. The van der Waals surface area contributed by atoms with Gasteiger partial charge >= 0.3 is 5.97 Å². The molecule has 0 saturated heterocycles. The van der Waals surface area contributed by atoms with E-state index < -0.39 is 11.4 Å². The molecule has 0 spiro atoms. The number of carbonyl (C=O) groups is 2. The van der Waals surface area contributed by atoms with E-state index in [9.17, 15) is 9.59 Å². The van der Waals surface area contributed by atoms with Crippen LogP contribution in [0, 0.1) is 11.3 Å². The van der Waals surface area contributed by atoms with E-state index in [1.807, 2.05) is 31.2 Å². The Balaban J connectivity index is 2.66. The van der Waals surface area contributed by atoms with Gasteiger partial charge in [-0.1, -0.05) is 41.1 Å². The normalized spacial score (nSPS) is 12.8. The van der Waals surface area contributed by atoms with Gasteiger partial charge in [-0.3, -0.25) is 9.59 Å². The molecule has 4 nitrogen and oxygen atoms in total. The van der Waals surface area contributed by atoms with E-state index in [0.29, 0.717) is 12.8 Å². The summed E-state index contributed by atoms with van der Waals surface area (Å²) in [5.41, 5.74) is 0.123. The van der Waals surface area contributed by atoms with Crippen molar-refractivity contribution < 1.29 is 14.7 Å². The molecule has 1 unspecified atom stereocenters. The third-order valence-corrected chi connectivity index (χ3v) is 4.34. The average Bonchev–Trinajstić information content (AvgIpc) is 2.44. The largest absolute Gasteiger partial charge is 0.481 e. The van der Waals surface area contributed by atoms with Gasteiger partial charge in [0.25, 0.3) is 0 Å². The van der Waals surface area contributed by atoms with Crippen LogP contribution in [-0.2, 0) is 16.0 Å². The molecule has 0 aromatic heterocycles. The zero-order valence-corrected chi connectivity index (χ0v) is 14.2. The highest BCUT2D eigenvalue weighted by atomic mass is 79.9. The van der Waals surface area contributed by atoms with Crippen LogP contribution in [0.2, 0.25) is 0 Å². The van der Waals surface area contributed by atoms with Crippen LogP contribution in [-0.4, -0.2) is 23.5 Å². The predicted octanol–water partition coefficient (Wildman–Crippen LogP) is 3.24. The summed E-state index contributed by atoms with van der Waals surface area (Å²) < 4.78 is 0.988. The lowest BCUT2D eigenvalue weighted by molar-refractivity contribution is -0.146. The van der Waals surface area contributed by atoms with Crippen LogP contribution in [0.5, 0.6) is 0 Å². The number of halogens is 1. The summed E-state index contributed by atoms with van der Waals surface area (Å²) in [7, 11) is 0. The van der Waals surface area contributed by atoms with E-state index in [4.69, 9.17) is 5.11 Å². The molecule has 0 bridgehead atoms. The molecule has 1 atom stereocenters. The van der Waals surface area contributed by atoms with Crippen molar-refractivity contribution in [2.45, 2.75) is 33.6 Å². The third kappa shape index (κ3) is 5.16. The van der Waals surface area contributed by atoms with E-state index in [1.165, 1.54) is 0 Å². The van der Waals surface area contributed by atoms with Crippen LogP contribution in [0.3, 0.4) is 0 Å². The number of carboxylic acids is 1. The smallest absolute Gasteiger partial charge is 0.310 e. The molecule has 5 heteroatoms. The second-order valence-corrected chi connectivity index (χ2v) is 6.66. The van der Waals surface area contributed by atoms with Gasteiger partial charge in [0, 0.05) is 16.9 Å². The molecule has 1 rings (SSSR count). The highest BCUT2D eigenvalue weighted by Gasteiger charge is 2.28. The van der Waals surface area contributed by atoms with E-state index in [2.05, 4.69) is 21.2 Å².